The van der Waals surface area contributed by atoms with Gasteiger partial charge in [-0.1, -0.05) is 18.2 Å². The number of imidazole rings is 1. The Labute approximate surface area is 135 Å². The van der Waals surface area contributed by atoms with Crippen LogP contribution in [-0.4, -0.2) is 27.2 Å². The first kappa shape index (κ1) is 14.5. The second-order valence-corrected chi connectivity index (χ2v) is 6.25. The standard InChI is InChI=1S/C18H22N4O/c1-22-12-19-11-16(22)17-9-15(6-8-23-17)21-10-14-4-2-3-13-5-7-20-18(13)14/h2-5,7,11-12,15,17,20-21H,6,8-10H2,1H3/t15-,17-/m0/s1. The number of hydrogen-bond donors (Lipinski definition) is 2. The molecule has 5 heteroatoms. The number of H-pyrrole nitrogens is 1. The molecule has 0 aliphatic carbocycles. The molecular formula is C18H22N4O. The zero-order valence-corrected chi connectivity index (χ0v) is 13.3. The molecule has 4 rings (SSSR count). The molecule has 1 aliphatic rings. The van der Waals surface area contributed by atoms with Gasteiger partial charge in [-0.25, -0.2) is 4.98 Å². The molecule has 0 bridgehead atoms. The lowest BCUT2D eigenvalue weighted by atomic mass is 10.0. The third-order valence-corrected chi connectivity index (χ3v) is 4.72. The minimum absolute atomic E-state index is 0.134. The average molecular weight is 310 g/mol. The molecule has 3 heterocycles. The molecule has 2 aromatic heterocycles. The molecular weight excluding hydrogens is 288 g/mol. The van der Waals surface area contributed by atoms with Crippen LogP contribution in [0.15, 0.2) is 43.0 Å². The van der Waals surface area contributed by atoms with E-state index in [1.807, 2.05) is 30.3 Å². The zero-order chi connectivity index (χ0) is 15.6. The fraction of sp³-hybridized carbons (Fsp3) is 0.389. The Morgan fingerprint density at radius 3 is 3.22 bits per heavy atom. The molecule has 0 amide bonds. The largest absolute Gasteiger partial charge is 0.372 e. The summed E-state index contributed by atoms with van der Waals surface area (Å²) in [5.74, 6) is 0. The third-order valence-electron chi connectivity index (χ3n) is 4.72. The summed E-state index contributed by atoms with van der Waals surface area (Å²) in [6.45, 7) is 1.67. The van der Waals surface area contributed by atoms with Gasteiger partial charge in [0, 0.05) is 38.0 Å². The van der Waals surface area contributed by atoms with E-state index in [4.69, 9.17) is 4.74 Å². The molecule has 2 atom stereocenters. The van der Waals surface area contributed by atoms with Crippen molar-refractivity contribution in [2.45, 2.75) is 31.5 Å². The lowest BCUT2D eigenvalue weighted by molar-refractivity contribution is -0.00402. The summed E-state index contributed by atoms with van der Waals surface area (Å²) >= 11 is 0. The van der Waals surface area contributed by atoms with Crippen LogP contribution >= 0.6 is 0 Å². The SMILES string of the molecule is Cn1cncc1[C@@H]1C[C@@H](NCc2cccc3cc[nH]c23)CCO1. The fourth-order valence-corrected chi connectivity index (χ4v) is 3.42. The number of aryl methyl sites for hydroxylation is 1. The van der Waals surface area contributed by atoms with E-state index in [9.17, 15) is 0 Å². The summed E-state index contributed by atoms with van der Waals surface area (Å²) in [5.41, 5.74) is 3.70. The molecule has 0 unspecified atom stereocenters. The number of benzene rings is 1. The zero-order valence-electron chi connectivity index (χ0n) is 13.3. The molecule has 0 saturated carbocycles. The maximum Gasteiger partial charge on any atom is 0.100 e. The van der Waals surface area contributed by atoms with Gasteiger partial charge in [0.05, 0.1) is 18.2 Å². The van der Waals surface area contributed by atoms with E-state index in [2.05, 4.69) is 39.6 Å². The number of para-hydroxylation sites is 1. The number of nitrogens with zero attached hydrogens (tertiary/aromatic N) is 2. The summed E-state index contributed by atoms with van der Waals surface area (Å²) in [4.78, 5) is 7.54. The van der Waals surface area contributed by atoms with Crippen LogP contribution in [-0.2, 0) is 18.3 Å². The van der Waals surface area contributed by atoms with Crippen LogP contribution in [0, 0.1) is 0 Å². The van der Waals surface area contributed by atoms with Gasteiger partial charge in [-0.05, 0) is 29.9 Å². The number of rotatable bonds is 4. The molecule has 2 N–H and O–H groups in total. The van der Waals surface area contributed by atoms with Crippen LogP contribution < -0.4 is 5.32 Å². The lowest BCUT2D eigenvalue weighted by Crippen LogP contribution is -2.36. The monoisotopic (exact) mass is 310 g/mol. The first-order valence-electron chi connectivity index (χ1n) is 8.17. The Balaban J connectivity index is 1.43. The predicted molar refractivity (Wildman–Crippen MR) is 90.1 cm³/mol. The van der Waals surface area contributed by atoms with Crippen LogP contribution in [0.3, 0.4) is 0 Å². The maximum atomic E-state index is 5.94. The molecule has 1 fully saturated rings. The fourth-order valence-electron chi connectivity index (χ4n) is 3.42. The highest BCUT2D eigenvalue weighted by molar-refractivity contribution is 5.82. The predicted octanol–water partition coefficient (Wildman–Crippen LogP) is 2.91. The first-order valence-corrected chi connectivity index (χ1v) is 8.17. The van der Waals surface area contributed by atoms with Crippen molar-refractivity contribution >= 4 is 10.9 Å². The molecule has 1 saturated heterocycles. The van der Waals surface area contributed by atoms with Crippen molar-refractivity contribution in [2.75, 3.05) is 6.61 Å². The Morgan fingerprint density at radius 1 is 1.39 bits per heavy atom. The second-order valence-electron chi connectivity index (χ2n) is 6.25. The summed E-state index contributed by atoms with van der Waals surface area (Å²) in [7, 11) is 2.02. The molecule has 23 heavy (non-hydrogen) atoms. The molecule has 1 aromatic carbocycles. The summed E-state index contributed by atoms with van der Waals surface area (Å²) < 4.78 is 7.98. The van der Waals surface area contributed by atoms with Crippen molar-refractivity contribution in [2.24, 2.45) is 7.05 Å². The van der Waals surface area contributed by atoms with Crippen molar-refractivity contribution in [3.63, 3.8) is 0 Å². The molecule has 3 aromatic rings. The summed E-state index contributed by atoms with van der Waals surface area (Å²) in [5, 5.41) is 4.97. The minimum Gasteiger partial charge on any atom is -0.372 e. The van der Waals surface area contributed by atoms with E-state index in [0.717, 1.165) is 31.7 Å². The number of fused-ring (bicyclic) bond motifs is 1. The van der Waals surface area contributed by atoms with E-state index >= 15 is 0 Å². The van der Waals surface area contributed by atoms with Crippen LogP contribution in [0.1, 0.15) is 30.2 Å². The average Bonchev–Trinajstić information content (AvgIpc) is 3.22. The number of aromatic amines is 1. The van der Waals surface area contributed by atoms with Crippen LogP contribution in [0.5, 0.6) is 0 Å². The summed E-state index contributed by atoms with van der Waals surface area (Å²) in [6, 6.07) is 9.03. The third kappa shape index (κ3) is 2.90. The minimum atomic E-state index is 0.134. The smallest absolute Gasteiger partial charge is 0.100 e. The summed E-state index contributed by atoms with van der Waals surface area (Å²) in [6.07, 6.45) is 7.92. The Hall–Kier alpha value is -2.11. The van der Waals surface area contributed by atoms with Gasteiger partial charge in [0.15, 0.2) is 0 Å². The molecule has 5 nitrogen and oxygen atoms in total. The normalized spacial score (nSPS) is 21.8. The lowest BCUT2D eigenvalue weighted by Gasteiger charge is -2.30. The Kier molecular flexibility index (Phi) is 3.89. The molecule has 1 aliphatic heterocycles. The quantitative estimate of drug-likeness (QED) is 0.779. The van der Waals surface area contributed by atoms with E-state index in [0.29, 0.717) is 6.04 Å². The molecule has 120 valence electrons. The van der Waals surface area contributed by atoms with Gasteiger partial charge in [-0.2, -0.15) is 0 Å². The van der Waals surface area contributed by atoms with Crippen molar-refractivity contribution in [1.82, 2.24) is 19.9 Å². The van der Waals surface area contributed by atoms with Gasteiger partial charge in [-0.15, -0.1) is 0 Å². The number of ether oxygens (including phenoxy) is 1. The molecule has 0 radical (unpaired) electrons. The highest BCUT2D eigenvalue weighted by Gasteiger charge is 2.25. The van der Waals surface area contributed by atoms with Gasteiger partial charge in [0.1, 0.15) is 6.10 Å². The topological polar surface area (TPSA) is 54.9 Å². The van der Waals surface area contributed by atoms with Gasteiger partial charge < -0.3 is 19.6 Å². The van der Waals surface area contributed by atoms with Crippen molar-refractivity contribution in [3.8, 4) is 0 Å². The van der Waals surface area contributed by atoms with Crippen LogP contribution in [0.2, 0.25) is 0 Å². The highest BCUT2D eigenvalue weighted by Crippen LogP contribution is 2.28. The van der Waals surface area contributed by atoms with E-state index in [1.54, 1.807) is 0 Å². The van der Waals surface area contributed by atoms with Crippen LogP contribution in [0.25, 0.3) is 10.9 Å². The van der Waals surface area contributed by atoms with Gasteiger partial charge in [0.2, 0.25) is 0 Å². The van der Waals surface area contributed by atoms with Crippen molar-refractivity contribution in [1.29, 1.82) is 0 Å². The van der Waals surface area contributed by atoms with Gasteiger partial charge >= 0.3 is 0 Å². The Bertz CT molecular complexity index is 791. The maximum absolute atomic E-state index is 5.94. The van der Waals surface area contributed by atoms with Crippen LogP contribution in [0.4, 0.5) is 0 Å². The van der Waals surface area contributed by atoms with Gasteiger partial charge in [-0.3, -0.25) is 0 Å². The van der Waals surface area contributed by atoms with E-state index < -0.39 is 0 Å². The first-order chi connectivity index (χ1) is 11.3. The van der Waals surface area contributed by atoms with E-state index in [-0.39, 0.29) is 6.10 Å². The number of aromatic nitrogens is 3. The highest BCUT2D eigenvalue weighted by atomic mass is 16.5. The Morgan fingerprint density at radius 2 is 2.35 bits per heavy atom. The van der Waals surface area contributed by atoms with E-state index in [1.165, 1.54) is 16.5 Å². The van der Waals surface area contributed by atoms with Gasteiger partial charge in [0.25, 0.3) is 0 Å². The van der Waals surface area contributed by atoms with Crippen molar-refractivity contribution < 1.29 is 4.74 Å². The van der Waals surface area contributed by atoms with Crippen molar-refractivity contribution in [3.05, 3.63) is 54.2 Å². The molecule has 0 spiro atoms. The number of nitrogens with one attached hydrogen (secondary N) is 2. The second kappa shape index (κ2) is 6.18. The number of hydrogen-bond acceptors (Lipinski definition) is 3.